The van der Waals surface area contributed by atoms with Crippen molar-refractivity contribution in [1.82, 2.24) is 4.98 Å². The fourth-order valence-electron chi connectivity index (χ4n) is 0.751. The summed E-state index contributed by atoms with van der Waals surface area (Å²) in [5.41, 5.74) is 5.52. The van der Waals surface area contributed by atoms with Gasteiger partial charge in [0.15, 0.2) is 5.13 Å². The minimum absolute atomic E-state index is 0.0792. The maximum Gasteiger partial charge on any atom is 0.187 e. The number of anilines is 2. The molecule has 0 aliphatic carbocycles. The Hall–Kier alpha value is -0.810. The lowest BCUT2D eigenvalue weighted by atomic mass is 10.3. The van der Waals surface area contributed by atoms with Crippen LogP contribution >= 0.6 is 11.3 Å². The number of nitrogens with zero attached hydrogens (tertiary/aromatic N) is 2. The Bertz CT molecular complexity index is 251. The zero-order chi connectivity index (χ0) is 9.14. The van der Waals surface area contributed by atoms with E-state index in [1.807, 2.05) is 18.9 Å². The maximum absolute atomic E-state index is 8.88. The molecule has 0 amide bonds. The topological polar surface area (TPSA) is 62.4 Å². The van der Waals surface area contributed by atoms with Crippen LogP contribution < -0.4 is 10.6 Å². The van der Waals surface area contributed by atoms with Crippen molar-refractivity contribution in [3.8, 4) is 0 Å². The van der Waals surface area contributed by atoms with Gasteiger partial charge in [0.05, 0.1) is 18.8 Å². The summed E-state index contributed by atoms with van der Waals surface area (Å²) >= 11 is 1.42. The highest BCUT2D eigenvalue weighted by atomic mass is 32.1. The second-order valence-corrected chi connectivity index (χ2v) is 3.73. The molecule has 1 atom stereocenters. The number of likely N-dealkylation sites (N-methyl/N-ethyl adjacent to an activating group) is 1. The zero-order valence-corrected chi connectivity index (χ0v) is 8.01. The predicted molar refractivity (Wildman–Crippen MR) is 51.5 cm³/mol. The Morgan fingerprint density at radius 2 is 2.50 bits per heavy atom. The first-order valence-corrected chi connectivity index (χ1v) is 4.51. The lowest BCUT2D eigenvalue weighted by Gasteiger charge is -2.21. The van der Waals surface area contributed by atoms with E-state index in [1.165, 1.54) is 11.3 Å². The van der Waals surface area contributed by atoms with E-state index >= 15 is 0 Å². The summed E-state index contributed by atoms with van der Waals surface area (Å²) in [7, 11) is 1.89. The van der Waals surface area contributed by atoms with Gasteiger partial charge in [-0.3, -0.25) is 0 Å². The van der Waals surface area contributed by atoms with Crippen LogP contribution in [0.1, 0.15) is 6.92 Å². The standard InChI is InChI=1S/C7H13N3OS/c1-5(4-11)10(2)7-9-3-6(8)12-7/h3,5,11H,4,8H2,1-2H3. The number of aliphatic hydroxyl groups excluding tert-OH is 1. The monoisotopic (exact) mass is 187 g/mol. The van der Waals surface area contributed by atoms with Crippen LogP contribution in [0.2, 0.25) is 0 Å². The fraction of sp³-hybridized carbons (Fsp3) is 0.571. The van der Waals surface area contributed by atoms with Crippen LogP contribution in [0.3, 0.4) is 0 Å². The third-order valence-corrected chi connectivity index (χ3v) is 2.66. The lowest BCUT2D eigenvalue weighted by molar-refractivity contribution is 0.270. The molecule has 3 N–H and O–H groups in total. The second kappa shape index (κ2) is 3.73. The lowest BCUT2D eigenvalue weighted by Crippen LogP contribution is -2.31. The van der Waals surface area contributed by atoms with E-state index in [2.05, 4.69) is 4.98 Å². The summed E-state index contributed by atoms with van der Waals surface area (Å²) in [6.45, 7) is 2.05. The van der Waals surface area contributed by atoms with Crippen LogP contribution in [0.15, 0.2) is 6.20 Å². The van der Waals surface area contributed by atoms with Crippen LogP contribution in [0.5, 0.6) is 0 Å². The minimum Gasteiger partial charge on any atom is -0.394 e. The van der Waals surface area contributed by atoms with Crippen molar-refractivity contribution in [2.45, 2.75) is 13.0 Å². The van der Waals surface area contributed by atoms with Gasteiger partial charge in [0.2, 0.25) is 0 Å². The molecule has 5 heteroatoms. The SMILES string of the molecule is CC(CO)N(C)c1ncc(N)s1. The Balaban J connectivity index is 2.70. The van der Waals surface area contributed by atoms with Gasteiger partial charge in [-0.05, 0) is 6.92 Å². The van der Waals surface area contributed by atoms with E-state index < -0.39 is 0 Å². The normalized spacial score (nSPS) is 12.9. The van der Waals surface area contributed by atoms with Gasteiger partial charge in [-0.1, -0.05) is 11.3 Å². The average Bonchev–Trinajstić information content (AvgIpc) is 2.49. The minimum atomic E-state index is 0.0792. The molecule has 0 fully saturated rings. The van der Waals surface area contributed by atoms with Crippen molar-refractivity contribution in [1.29, 1.82) is 0 Å². The molecule has 1 unspecified atom stereocenters. The van der Waals surface area contributed by atoms with Gasteiger partial charge in [-0.15, -0.1) is 0 Å². The molecule has 0 aliphatic heterocycles. The number of aliphatic hydroxyl groups is 1. The van der Waals surface area contributed by atoms with Gasteiger partial charge in [-0.2, -0.15) is 0 Å². The molecule has 12 heavy (non-hydrogen) atoms. The van der Waals surface area contributed by atoms with Gasteiger partial charge in [0.1, 0.15) is 5.00 Å². The maximum atomic E-state index is 8.88. The van der Waals surface area contributed by atoms with Gasteiger partial charge < -0.3 is 15.7 Å². The van der Waals surface area contributed by atoms with E-state index in [1.54, 1.807) is 6.20 Å². The zero-order valence-electron chi connectivity index (χ0n) is 7.19. The quantitative estimate of drug-likeness (QED) is 0.725. The molecule has 1 aromatic rings. The molecule has 0 saturated carbocycles. The highest BCUT2D eigenvalue weighted by molar-refractivity contribution is 7.19. The summed E-state index contributed by atoms with van der Waals surface area (Å²) in [5, 5.41) is 10.4. The van der Waals surface area contributed by atoms with Gasteiger partial charge >= 0.3 is 0 Å². The second-order valence-electron chi connectivity index (χ2n) is 2.69. The molecular formula is C7H13N3OS. The number of hydrogen-bond donors (Lipinski definition) is 2. The summed E-state index contributed by atoms with van der Waals surface area (Å²) in [6.07, 6.45) is 1.63. The molecule has 1 aromatic heterocycles. The molecule has 4 nitrogen and oxygen atoms in total. The number of hydrogen-bond acceptors (Lipinski definition) is 5. The van der Waals surface area contributed by atoms with E-state index in [-0.39, 0.29) is 12.6 Å². The Morgan fingerprint density at radius 3 is 2.92 bits per heavy atom. The highest BCUT2D eigenvalue weighted by Gasteiger charge is 2.11. The van der Waals surface area contributed by atoms with Crippen molar-refractivity contribution in [3.05, 3.63) is 6.20 Å². The van der Waals surface area contributed by atoms with Crippen molar-refractivity contribution in [2.75, 3.05) is 24.3 Å². The van der Waals surface area contributed by atoms with Crippen LogP contribution in [0.4, 0.5) is 10.1 Å². The van der Waals surface area contributed by atoms with Gasteiger partial charge in [0, 0.05) is 7.05 Å². The average molecular weight is 187 g/mol. The summed E-state index contributed by atoms with van der Waals surface area (Å²) < 4.78 is 0. The first-order chi connectivity index (χ1) is 5.65. The van der Waals surface area contributed by atoms with Gasteiger partial charge in [0.25, 0.3) is 0 Å². The Morgan fingerprint density at radius 1 is 1.83 bits per heavy atom. The first kappa shape index (κ1) is 9.28. The van der Waals surface area contributed by atoms with Crippen molar-refractivity contribution >= 4 is 21.5 Å². The summed E-state index contributed by atoms with van der Waals surface area (Å²) in [6, 6.07) is 0.0792. The smallest absolute Gasteiger partial charge is 0.187 e. The highest BCUT2D eigenvalue weighted by Crippen LogP contribution is 2.23. The molecular weight excluding hydrogens is 174 g/mol. The molecule has 0 aliphatic rings. The van der Waals surface area contributed by atoms with Crippen LogP contribution in [-0.2, 0) is 0 Å². The molecule has 1 rings (SSSR count). The fourth-order valence-corrected chi connectivity index (χ4v) is 1.50. The number of aromatic nitrogens is 1. The number of rotatable bonds is 3. The van der Waals surface area contributed by atoms with E-state index in [0.717, 1.165) is 5.13 Å². The third-order valence-electron chi connectivity index (χ3n) is 1.74. The summed E-state index contributed by atoms with van der Waals surface area (Å²) in [5.74, 6) is 0. The molecule has 0 saturated heterocycles. The van der Waals surface area contributed by atoms with Crippen molar-refractivity contribution < 1.29 is 5.11 Å². The first-order valence-electron chi connectivity index (χ1n) is 3.70. The molecule has 0 spiro atoms. The molecule has 0 bridgehead atoms. The van der Waals surface area contributed by atoms with E-state index in [4.69, 9.17) is 10.8 Å². The summed E-state index contributed by atoms with van der Waals surface area (Å²) in [4.78, 5) is 6.00. The Labute approximate surface area is 75.6 Å². The van der Waals surface area contributed by atoms with Crippen LogP contribution in [0, 0.1) is 0 Å². The molecule has 1 heterocycles. The third kappa shape index (κ3) is 1.86. The molecule has 0 radical (unpaired) electrons. The van der Waals surface area contributed by atoms with Crippen molar-refractivity contribution in [2.24, 2.45) is 0 Å². The van der Waals surface area contributed by atoms with E-state index in [9.17, 15) is 0 Å². The van der Waals surface area contributed by atoms with Crippen LogP contribution in [-0.4, -0.2) is 29.8 Å². The molecule has 0 aromatic carbocycles. The van der Waals surface area contributed by atoms with Crippen molar-refractivity contribution in [3.63, 3.8) is 0 Å². The number of thiazole rings is 1. The molecule has 68 valence electrons. The number of nitrogen functional groups attached to an aromatic ring is 1. The van der Waals surface area contributed by atoms with Crippen LogP contribution in [0.25, 0.3) is 0 Å². The van der Waals surface area contributed by atoms with Gasteiger partial charge in [-0.25, -0.2) is 4.98 Å². The van der Waals surface area contributed by atoms with E-state index in [0.29, 0.717) is 5.00 Å². The number of nitrogens with two attached hydrogens (primary N) is 1. The Kier molecular flexibility index (Phi) is 2.88. The predicted octanol–water partition coefficient (Wildman–Crippen LogP) is 0.542. The largest absolute Gasteiger partial charge is 0.394 e.